The van der Waals surface area contributed by atoms with Crippen molar-refractivity contribution in [2.24, 2.45) is 11.8 Å². The largest absolute Gasteiger partial charge is 0.379 e. The predicted molar refractivity (Wildman–Crippen MR) is 99.8 cm³/mol. The van der Waals surface area contributed by atoms with Crippen LogP contribution in [0.4, 0.5) is 0 Å². The number of carbonyl (C=O) groups is 1. The average Bonchev–Trinajstić information content (AvgIpc) is 2.60. The number of hydrogen-bond acceptors (Lipinski definition) is 5. The first kappa shape index (κ1) is 24.3. The second-order valence-electron chi connectivity index (χ2n) is 6.59. The number of nitrogens with one attached hydrogen (secondary N) is 1. The maximum Gasteiger partial charge on any atom is 0.222 e. The minimum atomic E-state index is 0.0637. The van der Waals surface area contributed by atoms with Crippen LogP contribution in [0.15, 0.2) is 0 Å². The summed E-state index contributed by atoms with van der Waals surface area (Å²) in [5.41, 5.74) is 0. The van der Waals surface area contributed by atoms with Gasteiger partial charge in [0.25, 0.3) is 0 Å². The Balaban J connectivity index is 3.11. The Morgan fingerprint density at radius 1 is 0.800 bits per heavy atom. The second-order valence-corrected chi connectivity index (χ2v) is 6.59. The summed E-state index contributed by atoms with van der Waals surface area (Å²) < 4.78 is 21.7. The van der Waals surface area contributed by atoms with Crippen LogP contribution in [0, 0.1) is 11.8 Å². The fourth-order valence-electron chi connectivity index (χ4n) is 1.96. The van der Waals surface area contributed by atoms with Crippen LogP contribution < -0.4 is 5.32 Å². The van der Waals surface area contributed by atoms with Gasteiger partial charge < -0.3 is 24.3 Å². The Labute approximate surface area is 153 Å². The van der Waals surface area contributed by atoms with Gasteiger partial charge in [-0.25, -0.2) is 0 Å². The molecule has 0 aliphatic carbocycles. The van der Waals surface area contributed by atoms with E-state index < -0.39 is 0 Å². The van der Waals surface area contributed by atoms with Gasteiger partial charge >= 0.3 is 0 Å². The maximum absolute atomic E-state index is 11.5. The van der Waals surface area contributed by atoms with E-state index in [9.17, 15) is 4.79 Å². The molecule has 0 heterocycles. The molecule has 0 aliphatic rings. The van der Waals surface area contributed by atoms with Crippen molar-refractivity contribution in [1.29, 1.82) is 0 Å². The number of carbonyl (C=O) groups excluding carboxylic acids is 1. The third-order valence-corrected chi connectivity index (χ3v) is 3.79. The molecule has 0 spiro atoms. The van der Waals surface area contributed by atoms with Crippen molar-refractivity contribution < 1.29 is 23.7 Å². The van der Waals surface area contributed by atoms with Crippen molar-refractivity contribution in [1.82, 2.24) is 5.32 Å². The zero-order valence-corrected chi connectivity index (χ0v) is 16.7. The minimum Gasteiger partial charge on any atom is -0.379 e. The van der Waals surface area contributed by atoms with Crippen molar-refractivity contribution in [3.05, 3.63) is 0 Å². The molecule has 1 unspecified atom stereocenters. The highest BCUT2D eigenvalue weighted by molar-refractivity contribution is 5.78. The van der Waals surface area contributed by atoms with Gasteiger partial charge in [-0.05, 0) is 25.2 Å². The number of amides is 1. The molecule has 0 fully saturated rings. The number of rotatable bonds is 18. The molecule has 6 nitrogen and oxygen atoms in total. The summed E-state index contributed by atoms with van der Waals surface area (Å²) >= 11 is 0. The maximum atomic E-state index is 11.5. The van der Waals surface area contributed by atoms with E-state index in [1.165, 1.54) is 6.42 Å². The molecule has 0 saturated carbocycles. The molecule has 0 aliphatic heterocycles. The summed E-state index contributed by atoms with van der Waals surface area (Å²) in [6.45, 7) is 13.7. The lowest BCUT2D eigenvalue weighted by Crippen LogP contribution is -2.31. The summed E-state index contributed by atoms with van der Waals surface area (Å²) in [5.74, 6) is 0.890. The van der Waals surface area contributed by atoms with E-state index in [-0.39, 0.29) is 11.8 Å². The van der Waals surface area contributed by atoms with Crippen LogP contribution in [0.2, 0.25) is 0 Å². The van der Waals surface area contributed by atoms with E-state index in [1.54, 1.807) is 0 Å². The Morgan fingerprint density at radius 2 is 1.28 bits per heavy atom. The molecule has 0 aromatic carbocycles. The van der Waals surface area contributed by atoms with Gasteiger partial charge in [0.1, 0.15) is 0 Å². The smallest absolute Gasteiger partial charge is 0.222 e. The summed E-state index contributed by atoms with van der Waals surface area (Å²) in [6, 6.07) is 0. The Morgan fingerprint density at radius 3 is 1.76 bits per heavy atom. The van der Waals surface area contributed by atoms with Crippen molar-refractivity contribution in [2.45, 2.75) is 47.0 Å². The topological polar surface area (TPSA) is 66.0 Å². The van der Waals surface area contributed by atoms with Gasteiger partial charge in [0, 0.05) is 19.1 Å². The van der Waals surface area contributed by atoms with Crippen molar-refractivity contribution in [3.63, 3.8) is 0 Å². The van der Waals surface area contributed by atoms with E-state index in [0.717, 1.165) is 25.4 Å². The number of ether oxygens (including phenoxy) is 4. The summed E-state index contributed by atoms with van der Waals surface area (Å²) in [5, 5.41) is 2.85. The normalized spacial score (nSPS) is 12.5. The van der Waals surface area contributed by atoms with Crippen LogP contribution in [-0.2, 0) is 23.7 Å². The fourth-order valence-corrected chi connectivity index (χ4v) is 1.96. The third kappa shape index (κ3) is 17.9. The zero-order chi connectivity index (χ0) is 18.8. The Bertz CT molecular complexity index is 300. The molecule has 0 radical (unpaired) electrons. The lowest BCUT2D eigenvalue weighted by molar-refractivity contribution is -0.124. The molecule has 1 amide bonds. The molecule has 25 heavy (non-hydrogen) atoms. The lowest BCUT2D eigenvalue weighted by Gasteiger charge is -2.10. The first-order valence-corrected chi connectivity index (χ1v) is 9.66. The average molecular weight is 362 g/mol. The molecule has 0 bridgehead atoms. The molecule has 1 atom stereocenters. The molecular formula is C19H39NO5. The highest BCUT2D eigenvalue weighted by atomic mass is 16.6. The lowest BCUT2D eigenvalue weighted by atomic mass is 10.1. The van der Waals surface area contributed by atoms with E-state index >= 15 is 0 Å². The van der Waals surface area contributed by atoms with E-state index in [0.29, 0.717) is 52.8 Å². The Kier molecular flexibility index (Phi) is 17.6. The van der Waals surface area contributed by atoms with Gasteiger partial charge in [0.05, 0.1) is 46.2 Å². The van der Waals surface area contributed by atoms with Crippen LogP contribution in [0.1, 0.15) is 47.0 Å². The molecule has 1 N–H and O–H groups in total. The molecule has 6 heteroatoms. The van der Waals surface area contributed by atoms with Gasteiger partial charge in [0.15, 0.2) is 0 Å². The first-order chi connectivity index (χ1) is 12.1. The van der Waals surface area contributed by atoms with Crippen molar-refractivity contribution >= 4 is 5.91 Å². The Hall–Kier alpha value is -0.690. The van der Waals surface area contributed by atoms with Crippen LogP contribution in [0.25, 0.3) is 0 Å². The zero-order valence-electron chi connectivity index (χ0n) is 16.7. The molecule has 0 rings (SSSR count). The summed E-state index contributed by atoms with van der Waals surface area (Å²) in [6.07, 6.45) is 3.18. The SMILES string of the molecule is CCC(C)C(=O)NCCOCCOCCOCCOCCCC(C)C. The number of hydrogen-bond donors (Lipinski definition) is 1. The van der Waals surface area contributed by atoms with E-state index in [1.807, 2.05) is 13.8 Å². The molecule has 0 aromatic rings. The fraction of sp³-hybridized carbons (Fsp3) is 0.947. The highest BCUT2D eigenvalue weighted by Crippen LogP contribution is 2.02. The monoisotopic (exact) mass is 361 g/mol. The summed E-state index contributed by atoms with van der Waals surface area (Å²) in [7, 11) is 0. The second kappa shape index (κ2) is 18.1. The predicted octanol–water partition coefficient (Wildman–Crippen LogP) is 2.65. The molecule has 150 valence electrons. The van der Waals surface area contributed by atoms with Gasteiger partial charge in [-0.2, -0.15) is 0 Å². The molecular weight excluding hydrogens is 322 g/mol. The standard InChI is InChI=1S/C19H39NO5/c1-5-18(4)19(21)20-8-10-23-12-14-25-16-15-24-13-11-22-9-6-7-17(2)3/h17-18H,5-16H2,1-4H3,(H,20,21). The minimum absolute atomic E-state index is 0.0637. The first-order valence-electron chi connectivity index (χ1n) is 9.66. The summed E-state index contributed by atoms with van der Waals surface area (Å²) in [4.78, 5) is 11.5. The van der Waals surface area contributed by atoms with Crippen LogP contribution in [0.3, 0.4) is 0 Å². The van der Waals surface area contributed by atoms with E-state index in [4.69, 9.17) is 18.9 Å². The van der Waals surface area contributed by atoms with Crippen molar-refractivity contribution in [3.8, 4) is 0 Å². The van der Waals surface area contributed by atoms with Crippen LogP contribution in [0.5, 0.6) is 0 Å². The van der Waals surface area contributed by atoms with Gasteiger partial charge in [0.2, 0.25) is 5.91 Å². The molecule has 0 aromatic heterocycles. The van der Waals surface area contributed by atoms with Crippen molar-refractivity contribution in [2.75, 3.05) is 59.4 Å². The van der Waals surface area contributed by atoms with Crippen LogP contribution in [-0.4, -0.2) is 65.3 Å². The molecule has 0 saturated heterocycles. The van der Waals surface area contributed by atoms with E-state index in [2.05, 4.69) is 19.2 Å². The quantitative estimate of drug-likeness (QED) is 0.380. The highest BCUT2D eigenvalue weighted by Gasteiger charge is 2.08. The van der Waals surface area contributed by atoms with Gasteiger partial charge in [-0.15, -0.1) is 0 Å². The van der Waals surface area contributed by atoms with Gasteiger partial charge in [-0.1, -0.05) is 27.7 Å². The third-order valence-electron chi connectivity index (χ3n) is 3.79. The van der Waals surface area contributed by atoms with Crippen LogP contribution >= 0.6 is 0 Å². The van der Waals surface area contributed by atoms with Gasteiger partial charge in [-0.3, -0.25) is 4.79 Å².